The molecule has 5 aliphatic heterocycles. The number of hydrogen-bond donors (Lipinski definition) is 8. The van der Waals surface area contributed by atoms with E-state index in [9.17, 15) is 57.8 Å². The van der Waals surface area contributed by atoms with Crippen LogP contribution in [-0.2, 0) is 52.7 Å². The summed E-state index contributed by atoms with van der Waals surface area (Å²) in [5, 5.41) is 29.6. The number of carbonyl (C=O) groups is 11. The minimum absolute atomic E-state index is 0.0970. The maximum Gasteiger partial charge on any atom is 0.326 e. The van der Waals surface area contributed by atoms with Gasteiger partial charge in [-0.15, -0.1) is 0 Å². The standard InChI is InChI=1S/C51H83N11O13/c1-29(2)27-32(53)42(65)54-31(5)46(69)61-25-11-17-39(61)49(72)59-23-9-15-37(59)43(66)55-33(13-6-7-21-52)47(70)62-26-12-18-40(62)50(73)60-24-10-16-38(60)45(68)57-35(28-30(3)4)48(71)58-22-8-14-36(58)44(67)56-34(51(74)75)19-20-41(63)64/h29-40H,6-28,52-53H2,1-5H3,(H,54,65)(H,55,66)(H,56,67)(H,57,68)(H,63,64)(H,74,75)/t31-,32-,33-,34-,35-,36-,37-,38-,39-,40-/m0/s1. The third-order valence-electron chi connectivity index (χ3n) is 15.1. The Bertz CT molecular complexity index is 2110. The fourth-order valence-electron chi connectivity index (χ4n) is 11.3. The Morgan fingerprint density at radius 2 is 0.893 bits per heavy atom. The predicted octanol–water partition coefficient (Wildman–Crippen LogP) is -0.602. The van der Waals surface area contributed by atoms with Crippen molar-refractivity contribution in [1.82, 2.24) is 45.8 Å². The molecule has 0 saturated carbocycles. The Balaban J connectivity index is 1.24. The van der Waals surface area contributed by atoms with Crippen LogP contribution in [0.4, 0.5) is 0 Å². The summed E-state index contributed by atoms with van der Waals surface area (Å²) in [6, 6.07) is -10.1. The Morgan fingerprint density at radius 1 is 0.493 bits per heavy atom. The molecule has 9 amide bonds. The van der Waals surface area contributed by atoms with Gasteiger partial charge in [-0.1, -0.05) is 27.7 Å². The highest BCUT2D eigenvalue weighted by molar-refractivity contribution is 5.99. The summed E-state index contributed by atoms with van der Waals surface area (Å²) < 4.78 is 0. The maximum absolute atomic E-state index is 14.6. The van der Waals surface area contributed by atoms with Gasteiger partial charge in [0.05, 0.1) is 6.04 Å². The Kier molecular flexibility index (Phi) is 22.2. The van der Waals surface area contributed by atoms with Gasteiger partial charge in [0, 0.05) is 39.1 Å². The molecule has 0 unspecified atom stereocenters. The van der Waals surface area contributed by atoms with E-state index in [1.165, 1.54) is 24.5 Å². The molecular weight excluding hydrogens is 975 g/mol. The van der Waals surface area contributed by atoms with Gasteiger partial charge < -0.3 is 67.4 Å². The van der Waals surface area contributed by atoms with Crippen LogP contribution in [0.15, 0.2) is 0 Å². The quantitative estimate of drug-likeness (QED) is 0.0530. The van der Waals surface area contributed by atoms with E-state index in [4.69, 9.17) is 16.6 Å². The fraction of sp³-hybridized carbons (Fsp3) is 0.784. The number of carboxylic acids is 2. The summed E-state index contributed by atoms with van der Waals surface area (Å²) >= 11 is 0. The minimum atomic E-state index is -1.48. The van der Waals surface area contributed by atoms with Crippen molar-refractivity contribution in [3.8, 4) is 0 Å². The smallest absolute Gasteiger partial charge is 0.326 e. The second kappa shape index (κ2) is 27.8. The number of carboxylic acid groups (broad SMARTS) is 2. The average Bonchev–Trinajstić information content (AvgIpc) is 4.22. The molecule has 5 saturated heterocycles. The van der Waals surface area contributed by atoms with E-state index < -0.39 is 126 Å². The molecule has 0 bridgehead atoms. The van der Waals surface area contributed by atoms with Crippen LogP contribution in [-0.4, -0.2) is 200 Å². The summed E-state index contributed by atoms with van der Waals surface area (Å²) in [6.07, 6.45) is 4.98. The van der Waals surface area contributed by atoms with Crippen molar-refractivity contribution < 1.29 is 63.0 Å². The average molecular weight is 1060 g/mol. The highest BCUT2D eigenvalue weighted by Crippen LogP contribution is 2.29. The molecule has 24 nitrogen and oxygen atoms in total. The Morgan fingerprint density at radius 3 is 1.35 bits per heavy atom. The highest BCUT2D eigenvalue weighted by atomic mass is 16.4. The molecule has 0 aromatic rings. The van der Waals surface area contributed by atoms with E-state index in [1.807, 2.05) is 27.7 Å². The van der Waals surface area contributed by atoms with Crippen molar-refractivity contribution in [3.63, 3.8) is 0 Å². The first-order valence-corrected chi connectivity index (χ1v) is 27.2. The SMILES string of the molecule is CC(C)C[C@H](NC(=O)[C@@H]1CCCN1C(=O)[C@@H]1CCCN1C(=O)[C@H](CCCCN)NC(=O)[C@@H]1CCCN1C(=O)[C@@H]1CCCN1C(=O)[C@H](C)NC(=O)[C@@H](N)CC(C)C)C(=O)N1CCC[C@H]1C(=O)N[C@@H](CCC(=O)O)C(=O)O. The highest BCUT2D eigenvalue weighted by Gasteiger charge is 2.47. The molecule has 5 fully saturated rings. The van der Waals surface area contributed by atoms with Gasteiger partial charge in [-0.25, -0.2) is 4.79 Å². The van der Waals surface area contributed by atoms with Crippen LogP contribution in [0.25, 0.3) is 0 Å². The maximum atomic E-state index is 14.6. The molecule has 75 heavy (non-hydrogen) atoms. The molecule has 0 spiro atoms. The first-order valence-electron chi connectivity index (χ1n) is 27.2. The zero-order chi connectivity index (χ0) is 55.3. The number of nitrogens with zero attached hydrogens (tertiary/aromatic N) is 5. The van der Waals surface area contributed by atoms with Crippen molar-refractivity contribution in [2.24, 2.45) is 23.3 Å². The van der Waals surface area contributed by atoms with Crippen molar-refractivity contribution in [2.45, 2.75) is 204 Å². The zero-order valence-electron chi connectivity index (χ0n) is 44.5. The number of unbranched alkanes of at least 4 members (excludes halogenated alkanes) is 1. The Hall–Kier alpha value is -5.91. The lowest BCUT2D eigenvalue weighted by molar-refractivity contribution is -0.149. The van der Waals surface area contributed by atoms with Gasteiger partial charge in [-0.3, -0.25) is 47.9 Å². The van der Waals surface area contributed by atoms with Crippen LogP contribution in [0.2, 0.25) is 0 Å². The van der Waals surface area contributed by atoms with Gasteiger partial charge in [0.1, 0.15) is 54.4 Å². The van der Waals surface area contributed by atoms with E-state index in [2.05, 4.69) is 21.3 Å². The van der Waals surface area contributed by atoms with Gasteiger partial charge in [0.25, 0.3) is 0 Å². The van der Waals surface area contributed by atoms with Crippen molar-refractivity contribution in [3.05, 3.63) is 0 Å². The third kappa shape index (κ3) is 15.6. The first-order chi connectivity index (χ1) is 35.5. The molecule has 5 aliphatic rings. The third-order valence-corrected chi connectivity index (χ3v) is 15.1. The summed E-state index contributed by atoms with van der Waals surface area (Å²) in [5.41, 5.74) is 11.9. The van der Waals surface area contributed by atoms with Gasteiger partial charge in [0.15, 0.2) is 0 Å². The van der Waals surface area contributed by atoms with Crippen molar-refractivity contribution in [2.75, 3.05) is 39.3 Å². The van der Waals surface area contributed by atoms with Gasteiger partial charge in [0.2, 0.25) is 53.2 Å². The molecule has 0 aromatic carbocycles. The number of rotatable bonds is 25. The zero-order valence-corrected chi connectivity index (χ0v) is 44.5. The fourth-order valence-corrected chi connectivity index (χ4v) is 11.3. The Labute approximate surface area is 439 Å². The normalized spacial score (nSPS) is 23.7. The van der Waals surface area contributed by atoms with E-state index in [0.717, 1.165) is 0 Å². The van der Waals surface area contributed by atoms with E-state index in [1.54, 1.807) is 6.92 Å². The minimum Gasteiger partial charge on any atom is -0.481 e. The number of nitrogens with two attached hydrogens (primary N) is 2. The van der Waals surface area contributed by atoms with E-state index in [-0.39, 0.29) is 76.0 Å². The summed E-state index contributed by atoms with van der Waals surface area (Å²) in [4.78, 5) is 156. The van der Waals surface area contributed by atoms with Crippen LogP contribution >= 0.6 is 0 Å². The number of aliphatic carboxylic acids is 2. The topological polar surface area (TPSA) is 345 Å². The molecule has 24 heteroatoms. The van der Waals surface area contributed by atoms with E-state index in [0.29, 0.717) is 83.7 Å². The lowest BCUT2D eigenvalue weighted by Crippen LogP contribution is -2.60. The largest absolute Gasteiger partial charge is 0.481 e. The second-order valence-corrected chi connectivity index (χ2v) is 21.8. The summed E-state index contributed by atoms with van der Waals surface area (Å²) in [5.74, 6) is -7.17. The summed E-state index contributed by atoms with van der Waals surface area (Å²) in [6.45, 7) is 10.7. The molecule has 10 N–H and O–H groups in total. The monoisotopic (exact) mass is 1060 g/mol. The number of hydrogen-bond acceptors (Lipinski definition) is 13. The number of amides is 9. The van der Waals surface area contributed by atoms with Crippen molar-refractivity contribution in [1.29, 1.82) is 0 Å². The number of likely N-dealkylation sites (tertiary alicyclic amines) is 5. The molecule has 5 heterocycles. The van der Waals surface area contributed by atoms with Gasteiger partial charge in [-0.2, -0.15) is 0 Å². The van der Waals surface area contributed by atoms with Crippen LogP contribution in [0.1, 0.15) is 144 Å². The van der Waals surface area contributed by atoms with Crippen molar-refractivity contribution >= 4 is 65.1 Å². The predicted molar refractivity (Wildman–Crippen MR) is 271 cm³/mol. The van der Waals surface area contributed by atoms with Crippen LogP contribution < -0.4 is 32.7 Å². The molecule has 0 aromatic heterocycles. The molecule has 0 aliphatic carbocycles. The number of carbonyl (C=O) groups excluding carboxylic acids is 9. The first kappa shape index (κ1) is 60.0. The molecule has 10 atom stereocenters. The van der Waals surface area contributed by atoms with Gasteiger partial charge in [-0.05, 0) is 128 Å². The second-order valence-electron chi connectivity index (χ2n) is 21.8. The van der Waals surface area contributed by atoms with E-state index >= 15 is 0 Å². The molecule has 420 valence electrons. The molecule has 0 radical (unpaired) electrons. The van der Waals surface area contributed by atoms with Crippen LogP contribution in [0.5, 0.6) is 0 Å². The number of nitrogens with one attached hydrogen (secondary N) is 4. The summed E-state index contributed by atoms with van der Waals surface area (Å²) in [7, 11) is 0. The lowest BCUT2D eigenvalue weighted by atomic mass is 10.0. The molecule has 5 rings (SSSR count). The van der Waals surface area contributed by atoms with Crippen LogP contribution in [0.3, 0.4) is 0 Å². The van der Waals surface area contributed by atoms with Gasteiger partial charge >= 0.3 is 11.9 Å². The lowest BCUT2D eigenvalue weighted by Gasteiger charge is -2.35. The van der Waals surface area contributed by atoms with Crippen LogP contribution in [0, 0.1) is 11.8 Å². The molecular formula is C51H83N11O13.